The molecular weight excluding hydrogens is 827 g/mol. The minimum atomic E-state index is -1.13. The van der Waals surface area contributed by atoms with Crippen molar-refractivity contribution in [3.63, 3.8) is 0 Å². The van der Waals surface area contributed by atoms with Crippen LogP contribution in [-0.2, 0) is 19.1 Å². The van der Waals surface area contributed by atoms with Crippen molar-refractivity contribution in [2.45, 2.75) is 170 Å². The molecule has 11 nitrogen and oxygen atoms in total. The monoisotopic (exact) mass is 906 g/mol. The SMILES string of the molecule is C=CC1=C2/C=C3\N[C@@]4(N[C@@H]4c4[nH]c5c(c4C)C(=O)[C@H](C(=O)OC)/C5=C4/N/C(=C\[C@@]5(ON25)C1C)[C@@H](C)[C@@H]4CCC(O)OC/C=C(\C)CCC[C@H](C)CCC[C@H](C)CCCC(C)C)C(CC)=C3C. The zero-order valence-electron chi connectivity index (χ0n) is 41.8. The van der Waals surface area contributed by atoms with E-state index in [4.69, 9.17) is 14.3 Å². The van der Waals surface area contributed by atoms with Crippen molar-refractivity contribution in [2.75, 3.05) is 13.7 Å². The maximum Gasteiger partial charge on any atom is 0.321 e. The van der Waals surface area contributed by atoms with Gasteiger partial charge in [0, 0.05) is 51.7 Å². The lowest BCUT2D eigenvalue weighted by Crippen LogP contribution is -2.32. The molecule has 8 rings (SSSR count). The van der Waals surface area contributed by atoms with Crippen molar-refractivity contribution in [3.8, 4) is 0 Å². The Morgan fingerprint density at radius 2 is 1.74 bits per heavy atom. The number of nitrogens with one attached hydrogen (secondary N) is 4. The van der Waals surface area contributed by atoms with Crippen LogP contribution in [0.4, 0.5) is 0 Å². The lowest BCUT2D eigenvalue weighted by atomic mass is 9.84. The number of hydrogen-bond acceptors (Lipinski definition) is 10. The maximum atomic E-state index is 14.6. The summed E-state index contributed by atoms with van der Waals surface area (Å²) in [6.45, 7) is 26.9. The Labute approximate surface area is 394 Å². The molecule has 7 aliphatic rings. The van der Waals surface area contributed by atoms with Crippen LogP contribution in [0, 0.1) is 48.3 Å². The van der Waals surface area contributed by atoms with Crippen molar-refractivity contribution >= 4 is 17.3 Å². The Kier molecular flexibility index (Phi) is 14.0. The van der Waals surface area contributed by atoms with E-state index in [1.807, 2.05) is 18.1 Å². The van der Waals surface area contributed by atoms with Gasteiger partial charge in [-0.3, -0.25) is 14.9 Å². The van der Waals surface area contributed by atoms with Crippen LogP contribution in [0.25, 0.3) is 5.57 Å². The molecule has 0 radical (unpaired) electrons. The second kappa shape index (κ2) is 19.1. The van der Waals surface area contributed by atoms with Crippen LogP contribution in [0.1, 0.15) is 173 Å². The first-order valence-electron chi connectivity index (χ1n) is 25.4. The zero-order chi connectivity index (χ0) is 47.4. The third-order valence-electron chi connectivity index (χ3n) is 16.4. The van der Waals surface area contributed by atoms with Crippen molar-refractivity contribution in [3.05, 3.63) is 98.5 Å². The molecule has 2 unspecified atom stereocenters. The van der Waals surface area contributed by atoms with Gasteiger partial charge in [-0.15, -0.1) is 0 Å². The lowest BCUT2D eigenvalue weighted by molar-refractivity contribution is -0.141. The molecule has 1 aromatic rings. The number of methoxy groups -OCH3 is 1. The first-order chi connectivity index (χ1) is 31.5. The van der Waals surface area contributed by atoms with Crippen LogP contribution < -0.4 is 16.0 Å². The number of hydrogen-bond donors (Lipinski definition) is 5. The van der Waals surface area contributed by atoms with Crippen LogP contribution in [0.3, 0.4) is 0 Å². The van der Waals surface area contributed by atoms with Crippen LogP contribution in [0.15, 0.2) is 76.0 Å². The lowest BCUT2D eigenvalue weighted by Gasteiger charge is -2.21. The second-order valence-electron chi connectivity index (χ2n) is 21.4. The average Bonchev–Trinajstić information content (AvgIpc) is 3.97. The van der Waals surface area contributed by atoms with Gasteiger partial charge >= 0.3 is 5.97 Å². The summed E-state index contributed by atoms with van der Waals surface area (Å²) in [7, 11) is 1.34. The summed E-state index contributed by atoms with van der Waals surface area (Å²) in [6.07, 6.45) is 20.6. The molecule has 1 aromatic heterocycles. The van der Waals surface area contributed by atoms with Gasteiger partial charge in [-0.1, -0.05) is 118 Å². The molecule has 66 heavy (non-hydrogen) atoms. The highest BCUT2D eigenvalue weighted by molar-refractivity contribution is 6.24. The summed E-state index contributed by atoms with van der Waals surface area (Å²) in [5.74, 6) is 0.104. The van der Waals surface area contributed by atoms with E-state index in [9.17, 15) is 14.7 Å². The quantitative estimate of drug-likeness (QED) is 0.0265. The molecule has 1 spiro atoms. The molecule has 0 aromatic carbocycles. The van der Waals surface area contributed by atoms with Crippen LogP contribution in [0.2, 0.25) is 0 Å². The van der Waals surface area contributed by atoms with E-state index in [-0.39, 0.29) is 29.6 Å². The highest BCUT2D eigenvalue weighted by Crippen LogP contribution is 2.60. The molecule has 8 bridgehead atoms. The van der Waals surface area contributed by atoms with Gasteiger partial charge in [0.2, 0.25) is 5.72 Å². The number of ether oxygens (including phenoxy) is 2. The topological polar surface area (TPSA) is 150 Å². The minimum absolute atomic E-state index is 0.0277. The van der Waals surface area contributed by atoms with Crippen molar-refractivity contribution < 1.29 is 29.0 Å². The van der Waals surface area contributed by atoms with E-state index in [1.54, 1.807) is 0 Å². The number of aliphatic hydroxyl groups is 1. The van der Waals surface area contributed by atoms with E-state index in [1.165, 1.54) is 68.8 Å². The Morgan fingerprint density at radius 1 is 1.05 bits per heavy atom. The van der Waals surface area contributed by atoms with Crippen LogP contribution in [-0.4, -0.2) is 58.3 Å². The van der Waals surface area contributed by atoms with Gasteiger partial charge in [0.15, 0.2) is 12.1 Å². The normalized spacial score (nSPS) is 32.4. The molecule has 1 aliphatic carbocycles. The number of ketones is 1. The fourth-order valence-electron chi connectivity index (χ4n) is 12.2. The number of esters is 1. The number of rotatable bonds is 21. The van der Waals surface area contributed by atoms with Gasteiger partial charge in [0.1, 0.15) is 11.6 Å². The molecule has 0 saturated carbocycles. The number of aromatic amines is 1. The van der Waals surface area contributed by atoms with Gasteiger partial charge in [0.05, 0.1) is 31.1 Å². The number of hydroxylamine groups is 2. The fraction of sp³-hybridized carbons (Fsp3) is 0.636. The standard InChI is InChI=1S/C55H79N5O6/c1-13-38-37(11)54-29-42-34(8)39(24-25-44(61)65-27-26-33(7)23-17-22-32(6)21-16-20-31(5)19-15-18-30(3)4)49(56-42)46-47(53(63)64-12)51(62)45-36(10)48(57-50(45)46)52-55(59-52)40(14-2)35(9)41(58-55)28-43(38)60(54)66-54/h13,26,28-32,34,37,39,44,47,52,56-59,61H,1,14-25,27H2,2-12H3/b33-26+,41-28-,42-29-,49-46-/t31-,32-,34+,37?,39+,44?,47-,52-,54-,55-,60?/m1/s1. The summed E-state index contributed by atoms with van der Waals surface area (Å²) in [6, 6.07) is -0.127. The first kappa shape index (κ1) is 48.3. The third-order valence-corrected chi connectivity index (χ3v) is 16.4. The highest BCUT2D eigenvalue weighted by Gasteiger charge is 2.66. The van der Waals surface area contributed by atoms with Crippen molar-refractivity contribution in [1.29, 1.82) is 0 Å². The third kappa shape index (κ3) is 8.64. The van der Waals surface area contributed by atoms with E-state index in [0.29, 0.717) is 36.3 Å². The van der Waals surface area contributed by atoms with Crippen molar-refractivity contribution in [2.24, 2.45) is 41.4 Å². The van der Waals surface area contributed by atoms with Gasteiger partial charge in [0.25, 0.3) is 0 Å². The molecule has 10 atom stereocenters. The average molecular weight is 906 g/mol. The molecule has 360 valence electrons. The number of fused-ring (bicyclic) bond motifs is 5. The summed E-state index contributed by atoms with van der Waals surface area (Å²) >= 11 is 0. The number of nitrogens with zero attached hydrogens (tertiary/aromatic N) is 1. The summed E-state index contributed by atoms with van der Waals surface area (Å²) in [5.41, 5.74) is 10.9. The largest absolute Gasteiger partial charge is 0.468 e. The number of carbonyl (C=O) groups is 2. The predicted molar refractivity (Wildman–Crippen MR) is 261 cm³/mol. The Hall–Kier alpha value is -4.16. The van der Waals surface area contributed by atoms with Gasteiger partial charge < -0.3 is 30.2 Å². The summed E-state index contributed by atoms with van der Waals surface area (Å²) in [5, 5.41) is 24.7. The smallest absolute Gasteiger partial charge is 0.321 e. The number of Topliss-reactive ketones (excluding diaryl/α,β-unsaturated/α-hetero) is 1. The molecule has 3 fully saturated rings. The number of H-pyrrole nitrogens is 1. The number of carbonyl (C=O) groups excluding carboxylic acids is 2. The number of aliphatic hydroxyl groups excluding tert-OH is 1. The van der Waals surface area contributed by atoms with Crippen molar-refractivity contribution in [1.82, 2.24) is 26.0 Å². The van der Waals surface area contributed by atoms with Gasteiger partial charge in [-0.2, -0.15) is 0 Å². The number of allylic oxidation sites excluding steroid dienone is 6. The number of aromatic nitrogens is 1. The fourth-order valence-corrected chi connectivity index (χ4v) is 12.2. The molecular formula is C55H79N5O6. The maximum absolute atomic E-state index is 14.6. The van der Waals surface area contributed by atoms with Crippen LogP contribution in [0.5, 0.6) is 0 Å². The molecule has 3 saturated heterocycles. The van der Waals surface area contributed by atoms with Gasteiger partial charge in [-0.05, 0) is 105 Å². The molecule has 7 heterocycles. The van der Waals surface area contributed by atoms with E-state index < -0.39 is 29.6 Å². The summed E-state index contributed by atoms with van der Waals surface area (Å²) < 4.78 is 11.4. The first-order valence-corrected chi connectivity index (χ1v) is 25.4. The Bertz CT molecular complexity index is 2290. The summed E-state index contributed by atoms with van der Waals surface area (Å²) in [4.78, 5) is 38.6. The van der Waals surface area contributed by atoms with E-state index in [2.05, 4.69) is 108 Å². The van der Waals surface area contributed by atoms with Gasteiger partial charge in [-0.25, -0.2) is 9.90 Å². The predicted octanol–water partition coefficient (Wildman–Crippen LogP) is 10.9. The van der Waals surface area contributed by atoms with E-state index >= 15 is 0 Å². The minimum Gasteiger partial charge on any atom is -0.468 e. The highest BCUT2D eigenvalue weighted by atomic mass is 16.9. The zero-order valence-corrected chi connectivity index (χ0v) is 41.8. The molecule has 6 aliphatic heterocycles. The molecule has 11 heteroatoms. The Morgan fingerprint density at radius 3 is 2.41 bits per heavy atom. The Balaban J connectivity index is 1.00. The molecule has 5 N–H and O–H groups in total. The molecule has 0 amide bonds. The van der Waals surface area contributed by atoms with E-state index in [0.717, 1.165) is 76.6 Å². The van der Waals surface area contributed by atoms with Crippen LogP contribution >= 0.6 is 0 Å². The second-order valence-corrected chi connectivity index (χ2v) is 21.4.